The molecule has 0 radical (unpaired) electrons. The van der Waals surface area contributed by atoms with Crippen LogP contribution in [0, 0.1) is 0 Å². The maximum Gasteiger partial charge on any atom is 0.0939 e. The quantitative estimate of drug-likeness (QED) is 0.337. The van der Waals surface area contributed by atoms with Gasteiger partial charge in [0.2, 0.25) is 0 Å². The van der Waals surface area contributed by atoms with E-state index in [-0.39, 0.29) is 0 Å². The molecule has 0 aromatic heterocycles. The molecule has 0 unspecified atom stereocenters. The van der Waals surface area contributed by atoms with Crippen molar-refractivity contribution in [1.82, 2.24) is 1.44 Å². The summed E-state index contributed by atoms with van der Waals surface area (Å²) in [6, 6.07) is 9.61. The molecule has 1 rings (SSSR count). The highest BCUT2D eigenvalue weighted by molar-refractivity contribution is 14.2. The zero-order valence-electron chi connectivity index (χ0n) is 5.48. The first-order valence-corrected chi connectivity index (χ1v) is 4.80. The molecule has 0 amide bonds. The van der Waals surface area contributed by atoms with Gasteiger partial charge in [-0.1, -0.05) is 23.4 Å². The lowest BCUT2D eigenvalue weighted by molar-refractivity contribution is 0.838. The van der Waals surface area contributed by atoms with Crippen molar-refractivity contribution in [2.45, 2.75) is 0 Å². The Hall–Kier alpha value is 0.0800. The molecule has 0 saturated carbocycles. The first-order chi connectivity index (χ1) is 5.29. The third-order valence-electron chi connectivity index (χ3n) is 0.984. The van der Waals surface area contributed by atoms with Gasteiger partial charge in [-0.05, 0) is 12.1 Å². The lowest BCUT2D eigenvalue weighted by Gasteiger charge is -1.93. The predicted octanol–water partition coefficient (Wildman–Crippen LogP) is 3.69. The van der Waals surface area contributed by atoms with Gasteiger partial charge in [-0.2, -0.15) is 1.44 Å². The van der Waals surface area contributed by atoms with Gasteiger partial charge in [0.05, 0.1) is 51.4 Å². The van der Waals surface area contributed by atoms with Gasteiger partial charge < -0.3 is 0 Å². The van der Waals surface area contributed by atoms with Crippen molar-refractivity contribution in [2.24, 2.45) is 10.3 Å². The van der Waals surface area contributed by atoms with Gasteiger partial charge in [-0.15, -0.1) is 5.11 Å². The van der Waals surface area contributed by atoms with Crippen LogP contribution in [0.4, 0.5) is 5.69 Å². The van der Waals surface area contributed by atoms with Crippen molar-refractivity contribution < 1.29 is 0 Å². The normalized spacial score (nSPS) is 10.4. The molecule has 1 aromatic rings. The molecule has 1 aromatic carbocycles. The topological polar surface area (TPSA) is 28.0 Å². The summed E-state index contributed by atoms with van der Waals surface area (Å²) in [5.41, 5.74) is 0.867. The number of hydrogen-bond acceptors (Lipinski definition) is 2. The van der Waals surface area contributed by atoms with Gasteiger partial charge in [-0.25, -0.2) is 0 Å². The van der Waals surface area contributed by atoms with E-state index in [1.807, 2.05) is 76.1 Å². The third-order valence-corrected chi connectivity index (χ3v) is 1.37. The minimum Gasteiger partial charge on any atom is -0.157 e. The van der Waals surface area contributed by atoms with E-state index in [2.05, 4.69) is 10.3 Å². The van der Waals surface area contributed by atoms with E-state index in [0.717, 1.165) is 5.69 Å². The third kappa shape index (κ3) is 3.85. The van der Waals surface area contributed by atoms with E-state index in [4.69, 9.17) is 0 Å². The number of rotatable bonds is 2. The second-order valence-corrected chi connectivity index (χ2v) is 5.41. The van der Waals surface area contributed by atoms with E-state index < -0.39 is 0 Å². The van der Waals surface area contributed by atoms with Gasteiger partial charge in [0, 0.05) is 0 Å². The van der Waals surface area contributed by atoms with Crippen LogP contribution in [-0.4, -0.2) is 1.44 Å². The summed E-state index contributed by atoms with van der Waals surface area (Å²) < 4.78 is 1.60. The fourth-order valence-corrected chi connectivity index (χ4v) is 0.773. The minimum atomic E-state index is 0.867. The van der Waals surface area contributed by atoms with Crippen molar-refractivity contribution in [1.29, 1.82) is 0 Å². The molecule has 5 heteroatoms. The fourth-order valence-electron chi connectivity index (χ4n) is 0.580. The number of hydrogen-bond donors (Lipinski definition) is 0. The van der Waals surface area contributed by atoms with Crippen molar-refractivity contribution in [3.63, 3.8) is 0 Å². The largest absolute Gasteiger partial charge is 0.157 e. The highest BCUT2D eigenvalue weighted by Crippen LogP contribution is 2.14. The van der Waals surface area contributed by atoms with Crippen molar-refractivity contribution in [2.75, 3.05) is 0 Å². The summed E-state index contributed by atoms with van der Waals surface area (Å²) in [5, 5.41) is 7.77. The van der Waals surface area contributed by atoms with Crippen molar-refractivity contribution in [3.05, 3.63) is 30.3 Å². The SMILES string of the molecule is IN(I)N=Nc1ccccc1. The maximum atomic E-state index is 3.94. The minimum absolute atomic E-state index is 0.867. The summed E-state index contributed by atoms with van der Waals surface area (Å²) >= 11 is 4.06. The number of nitrogens with zero attached hydrogens (tertiary/aromatic N) is 3. The maximum absolute atomic E-state index is 3.94. The van der Waals surface area contributed by atoms with E-state index in [0.29, 0.717) is 0 Å². The lowest BCUT2D eigenvalue weighted by Crippen LogP contribution is -1.75. The van der Waals surface area contributed by atoms with E-state index in [1.165, 1.54) is 0 Å². The van der Waals surface area contributed by atoms with Crippen LogP contribution in [0.1, 0.15) is 0 Å². The molecule has 0 fully saturated rings. The smallest absolute Gasteiger partial charge is 0.0939 e. The van der Waals surface area contributed by atoms with Gasteiger partial charge in [0.15, 0.2) is 0 Å². The summed E-state index contributed by atoms with van der Waals surface area (Å²) in [4.78, 5) is 0. The zero-order valence-corrected chi connectivity index (χ0v) is 9.80. The molecular formula is C6H5I2N3. The monoisotopic (exact) mass is 373 g/mol. The number of halogens is 2. The molecule has 0 saturated heterocycles. The van der Waals surface area contributed by atoms with Crippen molar-refractivity contribution in [3.8, 4) is 0 Å². The van der Waals surface area contributed by atoms with Gasteiger partial charge in [-0.3, -0.25) is 0 Å². The molecule has 0 heterocycles. The van der Waals surface area contributed by atoms with Crippen LogP contribution >= 0.6 is 45.7 Å². The molecule has 0 aliphatic heterocycles. The second-order valence-electron chi connectivity index (χ2n) is 1.74. The van der Waals surface area contributed by atoms with Crippen molar-refractivity contribution >= 4 is 51.4 Å². The molecule has 0 spiro atoms. The predicted molar refractivity (Wildman–Crippen MR) is 60.8 cm³/mol. The second kappa shape index (κ2) is 4.86. The van der Waals surface area contributed by atoms with Gasteiger partial charge >= 0.3 is 0 Å². The van der Waals surface area contributed by atoms with E-state index >= 15 is 0 Å². The Balaban J connectivity index is 2.65. The first-order valence-electron chi connectivity index (χ1n) is 2.87. The summed E-state index contributed by atoms with van der Waals surface area (Å²) in [6.45, 7) is 0. The average molecular weight is 373 g/mol. The Morgan fingerprint density at radius 1 is 1.09 bits per heavy atom. The summed E-state index contributed by atoms with van der Waals surface area (Å²) in [5.74, 6) is 0. The highest BCUT2D eigenvalue weighted by Gasteiger charge is 1.86. The lowest BCUT2D eigenvalue weighted by atomic mass is 10.3. The molecule has 0 N–H and O–H groups in total. The summed E-state index contributed by atoms with van der Waals surface area (Å²) in [6.07, 6.45) is 0. The molecule has 0 aliphatic carbocycles. The van der Waals surface area contributed by atoms with Gasteiger partial charge in [0.25, 0.3) is 0 Å². The molecule has 3 nitrogen and oxygen atoms in total. The van der Waals surface area contributed by atoms with Crippen LogP contribution in [0.2, 0.25) is 0 Å². The standard InChI is InChI=1S/C6H5I2N3/c7-11(8)10-9-6-4-2-1-3-5-6/h1-5H. The first kappa shape index (κ1) is 9.17. The number of benzene rings is 1. The molecule has 0 bridgehead atoms. The molecule has 58 valence electrons. The van der Waals surface area contributed by atoms with Crippen LogP contribution in [0.5, 0.6) is 0 Å². The fraction of sp³-hybridized carbons (Fsp3) is 0. The molecule has 0 atom stereocenters. The van der Waals surface area contributed by atoms with Gasteiger partial charge in [0.1, 0.15) is 0 Å². The Morgan fingerprint density at radius 3 is 2.27 bits per heavy atom. The van der Waals surface area contributed by atoms with Crippen LogP contribution in [0.3, 0.4) is 0 Å². The molecule has 0 aliphatic rings. The molecule has 11 heavy (non-hydrogen) atoms. The van der Waals surface area contributed by atoms with Crippen LogP contribution in [0.25, 0.3) is 0 Å². The average Bonchev–Trinajstić information content (AvgIpc) is 2.03. The van der Waals surface area contributed by atoms with E-state index in [9.17, 15) is 0 Å². The Bertz CT molecular complexity index is 235. The van der Waals surface area contributed by atoms with Crippen LogP contribution in [-0.2, 0) is 0 Å². The molecular weight excluding hydrogens is 368 g/mol. The Kier molecular flexibility index (Phi) is 4.05. The zero-order chi connectivity index (χ0) is 8.10. The Morgan fingerprint density at radius 2 is 1.73 bits per heavy atom. The van der Waals surface area contributed by atoms with E-state index in [1.54, 1.807) is 1.44 Å². The summed E-state index contributed by atoms with van der Waals surface area (Å²) in [7, 11) is 0. The Labute approximate surface area is 92.8 Å². The van der Waals surface area contributed by atoms with Crippen LogP contribution in [0.15, 0.2) is 40.7 Å². The highest BCUT2D eigenvalue weighted by atomic mass is 127. The van der Waals surface area contributed by atoms with Crippen LogP contribution < -0.4 is 0 Å².